The molecule has 14 nitrogen and oxygen atoms in total. The van der Waals surface area contributed by atoms with Crippen LogP contribution in [0.4, 0.5) is 9.59 Å². The molecule has 2 fully saturated rings. The lowest BCUT2D eigenvalue weighted by atomic mass is 9.81. The number of alkyl carbamates (subject to hydrolysis) is 1. The summed E-state index contributed by atoms with van der Waals surface area (Å²) in [6.45, 7) is 13.1. The molecule has 0 unspecified atom stereocenters. The Bertz CT molecular complexity index is 2150. The number of rotatable bonds is 10. The molecule has 2 saturated heterocycles. The van der Waals surface area contributed by atoms with E-state index in [1.54, 1.807) is 4.90 Å². The number of carboxylic acid groups (broad SMARTS) is 1. The van der Waals surface area contributed by atoms with Crippen LogP contribution in [0, 0.1) is 11.8 Å². The van der Waals surface area contributed by atoms with Crippen molar-refractivity contribution < 1.29 is 29.0 Å². The van der Waals surface area contributed by atoms with Crippen LogP contribution in [-0.4, -0.2) is 91.1 Å². The number of aromatic nitrogens is 4. The highest BCUT2D eigenvalue weighted by Crippen LogP contribution is 2.50. The Balaban J connectivity index is 1.10. The van der Waals surface area contributed by atoms with E-state index in [2.05, 4.69) is 70.8 Å². The van der Waals surface area contributed by atoms with Crippen molar-refractivity contribution in [3.8, 4) is 33.6 Å². The van der Waals surface area contributed by atoms with Crippen molar-refractivity contribution in [3.63, 3.8) is 0 Å². The number of ether oxygens (including phenoxy) is 1. The van der Waals surface area contributed by atoms with Gasteiger partial charge in [0.15, 0.2) is 0 Å². The Labute approximate surface area is 326 Å². The van der Waals surface area contributed by atoms with Crippen LogP contribution in [0.2, 0.25) is 0 Å². The first-order valence-electron chi connectivity index (χ1n) is 19.5. The number of amides is 4. The molecule has 0 saturated carbocycles. The zero-order chi connectivity index (χ0) is 40.1. The molecule has 2 aromatic carbocycles. The first-order chi connectivity index (χ1) is 26.7. The molecule has 0 bridgehead atoms. The third kappa shape index (κ3) is 7.01. The summed E-state index contributed by atoms with van der Waals surface area (Å²) in [5.74, 6) is 0.731. The number of methoxy groups -OCH3 is 1. The van der Waals surface area contributed by atoms with Crippen LogP contribution >= 0.6 is 0 Å². The van der Waals surface area contributed by atoms with Gasteiger partial charge in [-0.2, -0.15) is 0 Å². The molecule has 7 rings (SSSR count). The molecule has 0 spiro atoms. The van der Waals surface area contributed by atoms with Crippen molar-refractivity contribution in [2.24, 2.45) is 11.8 Å². The van der Waals surface area contributed by atoms with E-state index in [0.717, 1.165) is 54.0 Å². The van der Waals surface area contributed by atoms with Crippen LogP contribution in [0.1, 0.15) is 102 Å². The van der Waals surface area contributed by atoms with Gasteiger partial charge in [-0.1, -0.05) is 65.8 Å². The Morgan fingerprint density at radius 3 is 1.62 bits per heavy atom. The molecule has 3 aliphatic rings. The summed E-state index contributed by atoms with van der Waals surface area (Å²) in [4.78, 5) is 70.7. The quantitative estimate of drug-likeness (QED) is 0.117. The number of likely N-dealkylation sites (tertiary alicyclic amines) is 2. The van der Waals surface area contributed by atoms with E-state index in [9.17, 15) is 24.3 Å². The van der Waals surface area contributed by atoms with E-state index in [1.165, 1.54) is 29.4 Å². The zero-order valence-electron chi connectivity index (χ0n) is 33.1. The highest BCUT2D eigenvalue weighted by Gasteiger charge is 2.40. The summed E-state index contributed by atoms with van der Waals surface area (Å²) in [5.41, 5.74) is 8.13. The summed E-state index contributed by atoms with van der Waals surface area (Å²) in [5, 5.41) is 14.5. The fourth-order valence-electron chi connectivity index (χ4n) is 8.71. The van der Waals surface area contributed by atoms with E-state index >= 15 is 0 Å². The molecule has 4 aromatic rings. The van der Waals surface area contributed by atoms with Crippen LogP contribution in [-0.2, 0) is 19.7 Å². The minimum Gasteiger partial charge on any atom is -0.465 e. The van der Waals surface area contributed by atoms with Gasteiger partial charge in [-0.25, -0.2) is 19.6 Å². The van der Waals surface area contributed by atoms with Gasteiger partial charge in [-0.15, -0.1) is 0 Å². The third-order valence-corrected chi connectivity index (χ3v) is 11.8. The van der Waals surface area contributed by atoms with E-state index in [0.29, 0.717) is 18.9 Å². The predicted molar refractivity (Wildman–Crippen MR) is 210 cm³/mol. The smallest absolute Gasteiger partial charge is 0.407 e. The number of nitrogens with one attached hydrogen (secondary N) is 4. The highest BCUT2D eigenvalue weighted by atomic mass is 16.5. The third-order valence-electron chi connectivity index (χ3n) is 11.8. The van der Waals surface area contributed by atoms with Crippen molar-refractivity contribution >= 4 is 24.0 Å². The second-order valence-corrected chi connectivity index (χ2v) is 16.4. The fourth-order valence-corrected chi connectivity index (χ4v) is 8.71. The minimum atomic E-state index is -1.21. The van der Waals surface area contributed by atoms with Gasteiger partial charge in [0, 0.05) is 18.5 Å². The van der Waals surface area contributed by atoms with Gasteiger partial charge < -0.3 is 40.2 Å². The predicted octanol–water partition coefficient (Wildman–Crippen LogP) is 6.77. The molecule has 4 amide bonds. The SMILES string of the molecule is COC(=O)N[C@H](C(=O)N1CCC[C@H]1c1ncc(-c2ccc3c(c2)C(C)(C)c2cc(-c4cnc([C@@H]5CCCN5C(=O)[C@@H](NC(=O)O)C(C)C)[nH]4)ccc2-3)[nH]1)C(C)C. The van der Waals surface area contributed by atoms with Gasteiger partial charge in [0.2, 0.25) is 11.8 Å². The van der Waals surface area contributed by atoms with Crippen LogP contribution < -0.4 is 10.6 Å². The number of hydrogen-bond acceptors (Lipinski definition) is 7. The second kappa shape index (κ2) is 15.1. The van der Waals surface area contributed by atoms with Crippen molar-refractivity contribution in [2.45, 2.75) is 96.8 Å². The summed E-state index contributed by atoms with van der Waals surface area (Å²) in [7, 11) is 1.29. The lowest BCUT2D eigenvalue weighted by molar-refractivity contribution is -0.136. The number of nitrogens with zero attached hydrogens (tertiary/aromatic N) is 4. The minimum absolute atomic E-state index is 0.115. The lowest BCUT2D eigenvalue weighted by Gasteiger charge is -2.30. The molecular weight excluding hydrogens is 713 g/mol. The molecule has 0 radical (unpaired) electrons. The highest BCUT2D eigenvalue weighted by molar-refractivity contribution is 5.88. The maximum absolute atomic E-state index is 13.7. The van der Waals surface area contributed by atoms with Crippen molar-refractivity contribution in [1.29, 1.82) is 0 Å². The van der Waals surface area contributed by atoms with Crippen molar-refractivity contribution in [3.05, 3.63) is 71.6 Å². The number of H-pyrrole nitrogens is 2. The van der Waals surface area contributed by atoms with Crippen LogP contribution in [0.15, 0.2) is 48.8 Å². The molecular formula is C42H52N8O6. The molecule has 296 valence electrons. The Morgan fingerprint density at radius 2 is 1.21 bits per heavy atom. The number of imidazole rings is 2. The molecule has 5 N–H and O–H groups in total. The van der Waals surface area contributed by atoms with E-state index < -0.39 is 24.3 Å². The summed E-state index contributed by atoms with van der Waals surface area (Å²) in [6, 6.07) is 11.0. The number of carbonyl (C=O) groups is 4. The van der Waals surface area contributed by atoms with E-state index in [4.69, 9.17) is 14.7 Å². The molecule has 1 aliphatic carbocycles. The zero-order valence-corrected chi connectivity index (χ0v) is 33.1. The van der Waals surface area contributed by atoms with Gasteiger partial charge in [-0.3, -0.25) is 9.59 Å². The number of benzene rings is 2. The second-order valence-electron chi connectivity index (χ2n) is 16.4. The van der Waals surface area contributed by atoms with Crippen LogP contribution in [0.25, 0.3) is 33.6 Å². The molecule has 14 heteroatoms. The topological polar surface area (TPSA) is 186 Å². The van der Waals surface area contributed by atoms with Gasteiger partial charge in [0.05, 0.1) is 43.0 Å². The maximum atomic E-state index is 13.7. The average molecular weight is 765 g/mol. The Kier molecular flexibility index (Phi) is 10.4. The number of carbonyl (C=O) groups excluding carboxylic acids is 3. The number of hydrogen-bond donors (Lipinski definition) is 5. The van der Waals surface area contributed by atoms with Crippen LogP contribution in [0.3, 0.4) is 0 Å². The number of fused-ring (bicyclic) bond motifs is 3. The lowest BCUT2D eigenvalue weighted by Crippen LogP contribution is -2.51. The Morgan fingerprint density at radius 1 is 0.768 bits per heavy atom. The van der Waals surface area contributed by atoms with Gasteiger partial charge >= 0.3 is 12.2 Å². The molecule has 2 aliphatic heterocycles. The molecule has 4 atom stereocenters. The standard InChI is InChI=1S/C42H52N8O6/c1-22(2)34(47-40(53)54)38(51)49-16-8-10-32(49)36-43-20-30(45-36)24-12-14-26-27-15-13-25(19-29(27)42(5,6)28(26)18-24)31-21-44-37(46-31)33-11-9-17-50(33)39(52)35(23(3)4)48-41(55)56-7/h12-15,18-23,32-35,47H,8-11,16-17H2,1-7H3,(H,43,45)(H,44,46)(H,48,55)(H,53,54)/t32-,33-,34-,35-/m0/s1. The maximum Gasteiger partial charge on any atom is 0.407 e. The monoisotopic (exact) mass is 764 g/mol. The fraction of sp³-hybridized carbons (Fsp3) is 0.476. The first-order valence-corrected chi connectivity index (χ1v) is 19.5. The summed E-state index contributed by atoms with van der Waals surface area (Å²) in [6.07, 6.45) is 4.97. The molecule has 4 heterocycles. The molecule has 56 heavy (non-hydrogen) atoms. The van der Waals surface area contributed by atoms with E-state index in [1.807, 2.05) is 45.0 Å². The Hall–Kier alpha value is -5.66. The normalized spacial score (nSPS) is 19.5. The van der Waals surface area contributed by atoms with Gasteiger partial charge in [0.25, 0.3) is 0 Å². The van der Waals surface area contributed by atoms with Crippen LogP contribution in [0.5, 0.6) is 0 Å². The number of aromatic amines is 2. The van der Waals surface area contributed by atoms with Gasteiger partial charge in [0.1, 0.15) is 23.7 Å². The van der Waals surface area contributed by atoms with E-state index in [-0.39, 0.29) is 41.1 Å². The first kappa shape index (κ1) is 38.6. The van der Waals surface area contributed by atoms with Crippen molar-refractivity contribution in [1.82, 2.24) is 40.4 Å². The molecule has 2 aromatic heterocycles. The summed E-state index contributed by atoms with van der Waals surface area (Å²) < 4.78 is 4.78. The summed E-state index contributed by atoms with van der Waals surface area (Å²) >= 11 is 0. The van der Waals surface area contributed by atoms with Crippen molar-refractivity contribution in [2.75, 3.05) is 20.2 Å². The average Bonchev–Trinajstić information content (AvgIpc) is 4.02. The van der Waals surface area contributed by atoms with Gasteiger partial charge in [-0.05, 0) is 83.0 Å². The largest absolute Gasteiger partial charge is 0.465 e.